The van der Waals surface area contributed by atoms with Gasteiger partial charge in [-0.05, 0) is 12.0 Å². The van der Waals surface area contributed by atoms with Gasteiger partial charge in [-0.3, -0.25) is 4.79 Å². The van der Waals surface area contributed by atoms with Crippen LogP contribution in [0.5, 0.6) is 0 Å². The summed E-state index contributed by atoms with van der Waals surface area (Å²) in [7, 11) is 0. The fraction of sp³-hybridized carbons (Fsp3) is 0.571. The molecule has 1 heterocycles. The summed E-state index contributed by atoms with van der Waals surface area (Å²) in [5, 5.41) is 0. The lowest BCUT2D eigenvalue weighted by Gasteiger charge is -2.24. The van der Waals surface area contributed by atoms with Crippen molar-refractivity contribution >= 4 is 23.1 Å². The van der Waals surface area contributed by atoms with Gasteiger partial charge in [0.05, 0.1) is 16.8 Å². The molecular weight excluding hydrogens is 260 g/mol. The Morgan fingerprint density at radius 3 is 2.74 bits per heavy atom. The zero-order valence-corrected chi connectivity index (χ0v) is 12.6. The maximum Gasteiger partial charge on any atom is 0.257 e. The van der Waals surface area contributed by atoms with Gasteiger partial charge in [-0.2, -0.15) is 0 Å². The van der Waals surface area contributed by atoms with Gasteiger partial charge in [0.2, 0.25) is 0 Å². The summed E-state index contributed by atoms with van der Waals surface area (Å²) in [6.45, 7) is 7.38. The highest BCUT2D eigenvalue weighted by Gasteiger charge is 2.21. The second-order valence-electron chi connectivity index (χ2n) is 4.97. The van der Waals surface area contributed by atoms with Crippen LogP contribution in [0.25, 0.3) is 0 Å². The number of aryl methyl sites for hydroxylation is 1. The van der Waals surface area contributed by atoms with Gasteiger partial charge in [-0.25, -0.2) is 0 Å². The highest BCUT2D eigenvalue weighted by molar-refractivity contribution is 7.80. The van der Waals surface area contributed by atoms with Crippen molar-refractivity contribution in [1.82, 2.24) is 4.90 Å². The average Bonchev–Trinajstić information content (AvgIpc) is 2.81. The van der Waals surface area contributed by atoms with Crippen LogP contribution in [-0.2, 0) is 6.42 Å². The molecule has 0 bridgehead atoms. The molecular formula is C14H22N2O2S. The van der Waals surface area contributed by atoms with Crippen LogP contribution < -0.4 is 5.73 Å². The van der Waals surface area contributed by atoms with Gasteiger partial charge in [0.1, 0.15) is 5.76 Å². The van der Waals surface area contributed by atoms with Crippen molar-refractivity contribution < 1.29 is 9.21 Å². The molecule has 106 valence electrons. The highest BCUT2D eigenvalue weighted by Crippen LogP contribution is 2.15. The molecule has 0 aromatic carbocycles. The van der Waals surface area contributed by atoms with E-state index in [0.29, 0.717) is 42.4 Å². The number of carbonyl (C=O) groups excluding carboxylic acids is 1. The van der Waals surface area contributed by atoms with Crippen molar-refractivity contribution in [3.05, 3.63) is 23.7 Å². The highest BCUT2D eigenvalue weighted by atomic mass is 32.1. The number of nitrogens with two attached hydrogens (primary N) is 1. The lowest BCUT2D eigenvalue weighted by Crippen LogP contribution is -2.36. The largest absolute Gasteiger partial charge is 0.469 e. The van der Waals surface area contributed by atoms with Crippen LogP contribution in [0.2, 0.25) is 0 Å². The van der Waals surface area contributed by atoms with Crippen LogP contribution in [-0.4, -0.2) is 28.9 Å². The molecule has 0 unspecified atom stereocenters. The maximum atomic E-state index is 12.5. The molecule has 5 heteroatoms. The van der Waals surface area contributed by atoms with E-state index in [1.165, 1.54) is 0 Å². The summed E-state index contributed by atoms with van der Waals surface area (Å²) in [6.07, 6.45) is 2.82. The first-order chi connectivity index (χ1) is 8.95. The van der Waals surface area contributed by atoms with Crippen LogP contribution in [0.3, 0.4) is 0 Å². The molecule has 0 fully saturated rings. The Labute approximate surface area is 119 Å². The number of nitrogens with zero attached hydrogens (tertiary/aromatic N) is 1. The van der Waals surface area contributed by atoms with E-state index in [0.717, 1.165) is 5.76 Å². The Morgan fingerprint density at radius 1 is 1.53 bits per heavy atom. The van der Waals surface area contributed by atoms with Crippen molar-refractivity contribution in [1.29, 1.82) is 0 Å². The van der Waals surface area contributed by atoms with Gasteiger partial charge in [-0.15, -0.1) is 0 Å². The molecule has 19 heavy (non-hydrogen) atoms. The molecule has 2 N–H and O–H groups in total. The van der Waals surface area contributed by atoms with E-state index < -0.39 is 0 Å². The van der Waals surface area contributed by atoms with Gasteiger partial charge in [0, 0.05) is 25.9 Å². The zero-order valence-electron chi connectivity index (χ0n) is 11.8. The van der Waals surface area contributed by atoms with E-state index >= 15 is 0 Å². The number of hydrogen-bond donors (Lipinski definition) is 1. The lowest BCUT2D eigenvalue weighted by molar-refractivity contribution is 0.0739. The van der Waals surface area contributed by atoms with Crippen LogP contribution >= 0.6 is 12.2 Å². The quantitative estimate of drug-likeness (QED) is 0.781. The smallest absolute Gasteiger partial charge is 0.257 e. The Balaban J connectivity index is 2.84. The van der Waals surface area contributed by atoms with Crippen LogP contribution in [0.1, 0.15) is 43.3 Å². The summed E-state index contributed by atoms with van der Waals surface area (Å²) < 4.78 is 5.32. The van der Waals surface area contributed by atoms with Gasteiger partial charge in [0.15, 0.2) is 0 Å². The number of furan rings is 1. The van der Waals surface area contributed by atoms with E-state index in [1.54, 1.807) is 17.2 Å². The Bertz CT molecular complexity index is 440. The van der Waals surface area contributed by atoms with Gasteiger partial charge in [-0.1, -0.05) is 33.0 Å². The molecule has 0 aliphatic carbocycles. The lowest BCUT2D eigenvalue weighted by atomic mass is 10.1. The molecule has 0 saturated heterocycles. The fourth-order valence-corrected chi connectivity index (χ4v) is 2.03. The number of carbonyl (C=O) groups is 1. The van der Waals surface area contributed by atoms with Crippen LogP contribution in [0, 0.1) is 5.92 Å². The molecule has 1 aromatic heterocycles. The number of hydrogen-bond acceptors (Lipinski definition) is 3. The predicted octanol–water partition coefficient (Wildman–Crippen LogP) is 2.62. The summed E-state index contributed by atoms with van der Waals surface area (Å²) in [5.41, 5.74) is 6.17. The first kappa shape index (κ1) is 15.7. The standard InChI is InChI=1S/C14H22N2O2S/c1-4-12-11(6-8-18-12)14(17)16(9-10(2)3)7-5-13(15)19/h6,8,10H,4-5,7,9H2,1-3H3,(H2,15,19). The summed E-state index contributed by atoms with van der Waals surface area (Å²) >= 11 is 4.88. The third-order valence-corrected chi connectivity index (χ3v) is 3.00. The zero-order chi connectivity index (χ0) is 14.4. The number of rotatable bonds is 7. The second-order valence-corrected chi connectivity index (χ2v) is 5.50. The van der Waals surface area contributed by atoms with Crippen molar-refractivity contribution in [2.75, 3.05) is 13.1 Å². The normalized spacial score (nSPS) is 10.7. The SMILES string of the molecule is CCc1occc1C(=O)N(CCC(N)=S)CC(C)C. The van der Waals surface area contributed by atoms with E-state index in [-0.39, 0.29) is 5.91 Å². The Morgan fingerprint density at radius 2 is 2.21 bits per heavy atom. The first-order valence-corrected chi connectivity index (χ1v) is 7.00. The Hall–Kier alpha value is -1.36. The van der Waals surface area contributed by atoms with E-state index in [1.807, 2.05) is 6.92 Å². The molecule has 1 aromatic rings. The molecule has 0 aliphatic rings. The monoisotopic (exact) mass is 282 g/mol. The van der Waals surface area contributed by atoms with Crippen molar-refractivity contribution in [2.24, 2.45) is 11.7 Å². The third-order valence-electron chi connectivity index (χ3n) is 2.80. The average molecular weight is 282 g/mol. The fourth-order valence-electron chi connectivity index (χ4n) is 1.94. The second kappa shape index (κ2) is 7.28. The van der Waals surface area contributed by atoms with Crippen molar-refractivity contribution in [3.8, 4) is 0 Å². The van der Waals surface area contributed by atoms with E-state index in [9.17, 15) is 4.79 Å². The molecule has 4 nitrogen and oxygen atoms in total. The van der Waals surface area contributed by atoms with Gasteiger partial charge in [0.25, 0.3) is 5.91 Å². The topological polar surface area (TPSA) is 59.5 Å². The molecule has 1 rings (SSSR count). The summed E-state index contributed by atoms with van der Waals surface area (Å²) in [4.78, 5) is 14.7. The summed E-state index contributed by atoms with van der Waals surface area (Å²) in [6, 6.07) is 1.73. The minimum atomic E-state index is -0.00412. The third kappa shape index (κ3) is 4.67. The van der Waals surface area contributed by atoms with Crippen LogP contribution in [0.15, 0.2) is 16.7 Å². The van der Waals surface area contributed by atoms with E-state index in [4.69, 9.17) is 22.4 Å². The maximum absolute atomic E-state index is 12.5. The number of thiocarbonyl (C=S) groups is 1. The predicted molar refractivity (Wildman–Crippen MR) is 80.2 cm³/mol. The minimum Gasteiger partial charge on any atom is -0.469 e. The van der Waals surface area contributed by atoms with Crippen molar-refractivity contribution in [3.63, 3.8) is 0 Å². The summed E-state index contributed by atoms with van der Waals surface area (Å²) in [5.74, 6) is 1.12. The molecule has 0 spiro atoms. The first-order valence-electron chi connectivity index (χ1n) is 6.59. The molecule has 1 amide bonds. The minimum absolute atomic E-state index is 0.00412. The Kier molecular flexibility index (Phi) is 6.02. The van der Waals surface area contributed by atoms with Gasteiger partial charge < -0.3 is 15.1 Å². The molecule has 0 aliphatic heterocycles. The molecule has 0 radical (unpaired) electrons. The van der Waals surface area contributed by atoms with Gasteiger partial charge >= 0.3 is 0 Å². The van der Waals surface area contributed by atoms with E-state index in [2.05, 4.69) is 13.8 Å². The molecule has 0 atom stereocenters. The van der Waals surface area contributed by atoms with Crippen LogP contribution in [0.4, 0.5) is 0 Å². The van der Waals surface area contributed by atoms with Crippen molar-refractivity contribution in [2.45, 2.75) is 33.6 Å². The number of amides is 1. The molecule has 0 saturated carbocycles.